The molecule has 3 heterocycles. The predicted molar refractivity (Wildman–Crippen MR) is 105 cm³/mol. The van der Waals surface area contributed by atoms with Crippen molar-refractivity contribution in [3.05, 3.63) is 59.6 Å². The number of aromatic nitrogens is 1. The number of piperidine rings is 1. The minimum absolute atomic E-state index is 0.0551. The number of hydrogen-bond donors (Lipinski definition) is 2. The number of aryl methyl sites for hydroxylation is 1. The van der Waals surface area contributed by atoms with E-state index in [1.54, 1.807) is 6.20 Å². The van der Waals surface area contributed by atoms with Crippen molar-refractivity contribution in [1.29, 1.82) is 0 Å². The Balaban J connectivity index is 1.66. The van der Waals surface area contributed by atoms with Gasteiger partial charge in [-0.05, 0) is 50.1 Å². The second-order valence-corrected chi connectivity index (χ2v) is 7.27. The number of hydrogen-bond acceptors (Lipinski definition) is 5. The molecule has 142 valence electrons. The van der Waals surface area contributed by atoms with Crippen molar-refractivity contribution in [1.82, 2.24) is 10.3 Å². The van der Waals surface area contributed by atoms with Gasteiger partial charge in [-0.25, -0.2) is 0 Å². The average Bonchev–Trinajstić information content (AvgIpc) is 3.06. The maximum atomic E-state index is 9.54. The summed E-state index contributed by atoms with van der Waals surface area (Å²) < 4.78 is 12.4. The van der Waals surface area contributed by atoms with Crippen molar-refractivity contribution < 1.29 is 14.3 Å². The normalized spacial score (nSPS) is 18.5. The van der Waals surface area contributed by atoms with Crippen molar-refractivity contribution in [2.75, 3.05) is 13.1 Å². The van der Waals surface area contributed by atoms with Crippen LogP contribution in [0.5, 0.6) is 5.75 Å². The third-order valence-corrected chi connectivity index (χ3v) is 5.46. The van der Waals surface area contributed by atoms with Gasteiger partial charge in [-0.1, -0.05) is 12.1 Å². The Kier molecular flexibility index (Phi) is 5.41. The number of nitrogens with one attached hydrogen (secondary N) is 1. The zero-order chi connectivity index (χ0) is 18.6. The SMILES string of the molecule is Cc1c(CO)oc2cccc(OC(Cc3cccnc3)C3CCCNC3)c12. The van der Waals surface area contributed by atoms with Gasteiger partial charge in [0.25, 0.3) is 0 Å². The molecule has 0 amide bonds. The van der Waals surface area contributed by atoms with Gasteiger partial charge in [-0.15, -0.1) is 0 Å². The molecular weight excluding hydrogens is 340 g/mol. The Morgan fingerprint density at radius 2 is 2.26 bits per heavy atom. The molecule has 1 aliphatic heterocycles. The largest absolute Gasteiger partial charge is 0.489 e. The first-order valence-electron chi connectivity index (χ1n) is 9.64. The van der Waals surface area contributed by atoms with Gasteiger partial charge in [-0.2, -0.15) is 0 Å². The van der Waals surface area contributed by atoms with Gasteiger partial charge in [0.15, 0.2) is 0 Å². The molecule has 0 saturated carbocycles. The van der Waals surface area contributed by atoms with Crippen molar-refractivity contribution in [2.45, 2.75) is 38.9 Å². The number of pyridine rings is 1. The monoisotopic (exact) mass is 366 g/mol. The van der Waals surface area contributed by atoms with Gasteiger partial charge in [0.05, 0.1) is 5.39 Å². The number of aliphatic hydroxyl groups is 1. The zero-order valence-corrected chi connectivity index (χ0v) is 15.6. The molecule has 1 aromatic carbocycles. The molecule has 4 rings (SSSR count). The molecule has 0 aliphatic carbocycles. The lowest BCUT2D eigenvalue weighted by atomic mass is 9.90. The topological polar surface area (TPSA) is 67.5 Å². The van der Waals surface area contributed by atoms with Gasteiger partial charge in [-0.3, -0.25) is 4.98 Å². The van der Waals surface area contributed by atoms with Gasteiger partial charge in [0, 0.05) is 36.8 Å². The van der Waals surface area contributed by atoms with Crippen LogP contribution in [0.4, 0.5) is 0 Å². The summed E-state index contributed by atoms with van der Waals surface area (Å²) in [5.74, 6) is 1.87. The predicted octanol–water partition coefficient (Wildman–Crippen LogP) is 3.62. The smallest absolute Gasteiger partial charge is 0.138 e. The van der Waals surface area contributed by atoms with Crippen LogP contribution >= 0.6 is 0 Å². The molecular formula is C22H26N2O3. The highest BCUT2D eigenvalue weighted by molar-refractivity contribution is 5.88. The minimum atomic E-state index is -0.106. The summed E-state index contributed by atoms with van der Waals surface area (Å²) in [6.07, 6.45) is 6.91. The van der Waals surface area contributed by atoms with Crippen LogP contribution in [0.2, 0.25) is 0 Å². The average molecular weight is 366 g/mol. The zero-order valence-electron chi connectivity index (χ0n) is 15.6. The molecule has 2 aromatic heterocycles. The Morgan fingerprint density at radius 1 is 1.33 bits per heavy atom. The van der Waals surface area contributed by atoms with Gasteiger partial charge < -0.3 is 19.6 Å². The quantitative estimate of drug-likeness (QED) is 0.697. The first kappa shape index (κ1) is 18.0. The molecule has 1 saturated heterocycles. The number of ether oxygens (including phenoxy) is 1. The summed E-state index contributed by atoms with van der Waals surface area (Å²) >= 11 is 0. The van der Waals surface area contributed by atoms with Crippen LogP contribution < -0.4 is 10.1 Å². The molecule has 0 radical (unpaired) electrons. The Bertz CT molecular complexity index is 885. The molecule has 3 aromatic rings. The van der Waals surface area contributed by atoms with Crippen molar-refractivity contribution >= 4 is 11.0 Å². The van der Waals surface area contributed by atoms with E-state index in [0.717, 1.165) is 48.2 Å². The summed E-state index contributed by atoms with van der Waals surface area (Å²) in [5.41, 5.74) is 2.89. The molecule has 2 N–H and O–H groups in total. The van der Waals surface area contributed by atoms with Crippen molar-refractivity contribution in [3.8, 4) is 5.75 Å². The molecule has 2 unspecified atom stereocenters. The molecule has 1 fully saturated rings. The fourth-order valence-corrected chi connectivity index (χ4v) is 3.98. The number of furan rings is 1. The second kappa shape index (κ2) is 8.11. The maximum Gasteiger partial charge on any atom is 0.138 e. The second-order valence-electron chi connectivity index (χ2n) is 7.27. The molecule has 27 heavy (non-hydrogen) atoms. The summed E-state index contributed by atoms with van der Waals surface area (Å²) in [4.78, 5) is 4.25. The first-order valence-corrected chi connectivity index (χ1v) is 9.64. The van der Waals surface area contributed by atoms with E-state index >= 15 is 0 Å². The lowest BCUT2D eigenvalue weighted by Crippen LogP contribution is -2.40. The summed E-state index contributed by atoms with van der Waals surface area (Å²) in [6, 6.07) is 9.94. The van der Waals surface area contributed by atoms with E-state index in [0.29, 0.717) is 11.7 Å². The fourth-order valence-electron chi connectivity index (χ4n) is 3.98. The number of fused-ring (bicyclic) bond motifs is 1. The molecule has 0 spiro atoms. The number of rotatable bonds is 6. The third-order valence-electron chi connectivity index (χ3n) is 5.46. The summed E-state index contributed by atoms with van der Waals surface area (Å²) in [7, 11) is 0. The molecule has 2 atom stereocenters. The fraction of sp³-hybridized carbons (Fsp3) is 0.409. The Labute approximate surface area is 159 Å². The molecule has 5 nitrogen and oxygen atoms in total. The molecule has 0 bridgehead atoms. The van der Waals surface area contributed by atoms with E-state index in [9.17, 15) is 5.11 Å². The van der Waals surface area contributed by atoms with Crippen LogP contribution in [-0.4, -0.2) is 29.3 Å². The van der Waals surface area contributed by atoms with E-state index in [2.05, 4.69) is 16.4 Å². The lowest BCUT2D eigenvalue weighted by molar-refractivity contribution is 0.117. The number of aliphatic hydroxyl groups excluding tert-OH is 1. The third kappa shape index (κ3) is 3.84. The first-order chi connectivity index (χ1) is 13.3. The maximum absolute atomic E-state index is 9.54. The van der Waals surface area contributed by atoms with E-state index in [4.69, 9.17) is 9.15 Å². The van der Waals surface area contributed by atoms with Crippen LogP contribution in [0.25, 0.3) is 11.0 Å². The van der Waals surface area contributed by atoms with Crippen molar-refractivity contribution in [2.24, 2.45) is 5.92 Å². The van der Waals surface area contributed by atoms with E-state index in [-0.39, 0.29) is 12.7 Å². The van der Waals surface area contributed by atoms with E-state index in [1.807, 2.05) is 37.4 Å². The Morgan fingerprint density at radius 3 is 3.00 bits per heavy atom. The van der Waals surface area contributed by atoms with Crippen LogP contribution in [0.15, 0.2) is 47.1 Å². The van der Waals surface area contributed by atoms with E-state index < -0.39 is 0 Å². The van der Waals surface area contributed by atoms with E-state index in [1.165, 1.54) is 12.0 Å². The lowest BCUT2D eigenvalue weighted by Gasteiger charge is -2.31. The number of benzene rings is 1. The van der Waals surface area contributed by atoms with Crippen LogP contribution in [0, 0.1) is 12.8 Å². The summed E-state index contributed by atoms with van der Waals surface area (Å²) in [6.45, 7) is 3.91. The highest BCUT2D eigenvalue weighted by Crippen LogP contribution is 2.35. The summed E-state index contributed by atoms with van der Waals surface area (Å²) in [5, 5.41) is 14.0. The molecule has 1 aliphatic rings. The van der Waals surface area contributed by atoms with Crippen LogP contribution in [0.1, 0.15) is 29.7 Å². The Hall–Kier alpha value is -2.37. The van der Waals surface area contributed by atoms with Crippen LogP contribution in [-0.2, 0) is 13.0 Å². The highest BCUT2D eigenvalue weighted by Gasteiger charge is 2.27. The highest BCUT2D eigenvalue weighted by atomic mass is 16.5. The number of nitrogens with zero attached hydrogens (tertiary/aromatic N) is 1. The van der Waals surface area contributed by atoms with Gasteiger partial charge in [0.2, 0.25) is 0 Å². The van der Waals surface area contributed by atoms with Crippen LogP contribution in [0.3, 0.4) is 0 Å². The molecule has 5 heteroatoms. The standard InChI is InChI=1S/C22H26N2O3/c1-15-21(14-25)27-19-8-2-7-18(22(15)19)26-20(17-6-4-10-24-13-17)11-16-5-3-9-23-12-16/h2-3,5,7-9,12,17,20,24-25H,4,6,10-11,13-14H2,1H3. The van der Waals surface area contributed by atoms with Crippen molar-refractivity contribution in [3.63, 3.8) is 0 Å². The minimum Gasteiger partial charge on any atom is -0.489 e. The van der Waals surface area contributed by atoms with Gasteiger partial charge >= 0.3 is 0 Å². The van der Waals surface area contributed by atoms with Gasteiger partial charge in [0.1, 0.15) is 29.8 Å².